The molecular weight excluding hydrogens is 270 g/mol. The van der Waals surface area contributed by atoms with Crippen molar-refractivity contribution >= 4 is 15.9 Å². The van der Waals surface area contributed by atoms with E-state index >= 15 is 0 Å². The highest BCUT2D eigenvalue weighted by atomic mass is 79.9. The van der Waals surface area contributed by atoms with E-state index in [1.165, 1.54) is 0 Å². The topological polar surface area (TPSA) is 55.5 Å². The van der Waals surface area contributed by atoms with Crippen molar-refractivity contribution in [2.75, 3.05) is 7.11 Å². The molecule has 16 heavy (non-hydrogen) atoms. The monoisotopic (exact) mass is 285 g/mol. The maximum atomic E-state index is 10.1. The number of hydrogen-bond acceptors (Lipinski definition) is 3. The molecule has 0 aliphatic heterocycles. The number of halogens is 1. The number of rotatable bonds is 2. The van der Waals surface area contributed by atoms with Crippen molar-refractivity contribution < 1.29 is 9.84 Å². The van der Waals surface area contributed by atoms with Crippen LogP contribution in [0.3, 0.4) is 0 Å². The van der Waals surface area contributed by atoms with E-state index in [9.17, 15) is 5.11 Å². The lowest BCUT2D eigenvalue weighted by molar-refractivity contribution is 0.369. The van der Waals surface area contributed by atoms with Crippen LogP contribution < -0.4 is 10.5 Å². The number of phenolic OH excluding ortho intramolecular Hbond substituents is 1. The second-order valence-electron chi connectivity index (χ2n) is 4.87. The van der Waals surface area contributed by atoms with Crippen LogP contribution in [0.1, 0.15) is 25.3 Å². The van der Waals surface area contributed by atoms with Crippen LogP contribution in [0.15, 0.2) is 16.6 Å². The Hall–Kier alpha value is -0.740. The molecule has 1 aromatic rings. The Balaban J connectivity index is 2.47. The summed E-state index contributed by atoms with van der Waals surface area (Å²) in [6.45, 7) is 4.21. The fourth-order valence-electron chi connectivity index (χ4n) is 2.26. The van der Waals surface area contributed by atoms with Crippen molar-refractivity contribution in [3.63, 3.8) is 0 Å². The van der Waals surface area contributed by atoms with E-state index in [2.05, 4.69) is 29.8 Å². The summed E-state index contributed by atoms with van der Waals surface area (Å²) in [7, 11) is 1.54. The first kappa shape index (κ1) is 11.7. The lowest BCUT2D eigenvalue weighted by Gasteiger charge is -2.10. The number of methoxy groups -OCH3 is 1. The van der Waals surface area contributed by atoms with Crippen LogP contribution in [-0.2, 0) is 0 Å². The SMILES string of the molecule is COc1cc(Br)cc(C2C(N)C2(C)C)c1O. The Labute approximate surface area is 104 Å². The molecule has 1 aliphatic rings. The predicted octanol–water partition coefficient (Wildman–Crippen LogP) is 2.61. The van der Waals surface area contributed by atoms with Crippen LogP contribution in [0.25, 0.3) is 0 Å². The first-order valence-electron chi connectivity index (χ1n) is 5.21. The van der Waals surface area contributed by atoms with E-state index in [4.69, 9.17) is 10.5 Å². The quantitative estimate of drug-likeness (QED) is 0.878. The molecule has 3 N–H and O–H groups in total. The molecule has 0 bridgehead atoms. The minimum Gasteiger partial charge on any atom is -0.504 e. The van der Waals surface area contributed by atoms with Gasteiger partial charge in [0.2, 0.25) is 0 Å². The summed E-state index contributed by atoms with van der Waals surface area (Å²) < 4.78 is 6.02. The van der Waals surface area contributed by atoms with Crippen molar-refractivity contribution in [2.24, 2.45) is 11.1 Å². The first-order valence-corrected chi connectivity index (χ1v) is 6.01. The number of benzene rings is 1. The number of ether oxygens (including phenoxy) is 1. The Morgan fingerprint density at radius 2 is 2.00 bits per heavy atom. The van der Waals surface area contributed by atoms with Gasteiger partial charge in [-0.15, -0.1) is 0 Å². The average Bonchev–Trinajstić information content (AvgIpc) is 2.70. The molecule has 0 radical (unpaired) electrons. The van der Waals surface area contributed by atoms with Crippen molar-refractivity contribution in [2.45, 2.75) is 25.8 Å². The lowest BCUT2D eigenvalue weighted by atomic mass is 10.0. The largest absolute Gasteiger partial charge is 0.504 e. The van der Waals surface area contributed by atoms with Gasteiger partial charge in [-0.25, -0.2) is 0 Å². The molecule has 1 fully saturated rings. The number of hydrogen-bond donors (Lipinski definition) is 2. The van der Waals surface area contributed by atoms with E-state index in [1.807, 2.05) is 6.07 Å². The third kappa shape index (κ3) is 1.60. The number of aromatic hydroxyl groups is 1. The first-order chi connectivity index (χ1) is 7.39. The Morgan fingerprint density at radius 1 is 1.44 bits per heavy atom. The van der Waals surface area contributed by atoms with E-state index in [-0.39, 0.29) is 23.1 Å². The van der Waals surface area contributed by atoms with Crippen LogP contribution >= 0.6 is 15.9 Å². The summed E-state index contributed by atoms with van der Waals surface area (Å²) in [5, 5.41) is 10.1. The molecule has 88 valence electrons. The summed E-state index contributed by atoms with van der Waals surface area (Å²) >= 11 is 3.41. The Bertz CT molecular complexity index is 431. The highest BCUT2D eigenvalue weighted by Gasteiger charge is 2.57. The molecule has 1 aromatic carbocycles. The molecule has 1 saturated carbocycles. The highest BCUT2D eigenvalue weighted by Crippen LogP contribution is 2.60. The smallest absolute Gasteiger partial charge is 0.161 e. The van der Waals surface area contributed by atoms with E-state index in [0.29, 0.717) is 5.75 Å². The molecular formula is C12H16BrNO2. The summed E-state index contributed by atoms with van der Waals surface area (Å²) in [5.74, 6) is 0.884. The normalized spacial score (nSPS) is 26.6. The van der Waals surface area contributed by atoms with Crippen molar-refractivity contribution in [3.05, 3.63) is 22.2 Å². The predicted molar refractivity (Wildman–Crippen MR) is 66.9 cm³/mol. The molecule has 0 amide bonds. The second-order valence-corrected chi connectivity index (χ2v) is 5.79. The third-order valence-corrected chi connectivity index (χ3v) is 3.99. The summed E-state index contributed by atoms with van der Waals surface area (Å²) in [6.07, 6.45) is 0. The van der Waals surface area contributed by atoms with Gasteiger partial charge in [0.15, 0.2) is 11.5 Å². The molecule has 3 nitrogen and oxygen atoms in total. The highest BCUT2D eigenvalue weighted by molar-refractivity contribution is 9.10. The molecule has 1 aliphatic carbocycles. The average molecular weight is 286 g/mol. The zero-order valence-corrected chi connectivity index (χ0v) is 11.2. The summed E-state index contributed by atoms with van der Waals surface area (Å²) in [4.78, 5) is 0. The van der Waals surface area contributed by atoms with Gasteiger partial charge in [0.05, 0.1) is 7.11 Å². The van der Waals surface area contributed by atoms with Crippen LogP contribution in [0, 0.1) is 5.41 Å². The summed E-state index contributed by atoms with van der Waals surface area (Å²) in [6, 6.07) is 3.76. The second kappa shape index (κ2) is 3.64. The lowest BCUT2D eigenvalue weighted by Crippen LogP contribution is -2.06. The third-order valence-electron chi connectivity index (χ3n) is 3.53. The number of phenols is 1. The fourth-order valence-corrected chi connectivity index (χ4v) is 2.71. The van der Waals surface area contributed by atoms with Crippen LogP contribution in [-0.4, -0.2) is 18.3 Å². The van der Waals surface area contributed by atoms with Gasteiger partial charge in [0.25, 0.3) is 0 Å². The molecule has 4 heteroatoms. The molecule has 2 rings (SSSR count). The molecule has 0 saturated heterocycles. The molecule has 0 heterocycles. The van der Waals surface area contributed by atoms with E-state index in [0.717, 1.165) is 10.0 Å². The van der Waals surface area contributed by atoms with Gasteiger partial charge in [0.1, 0.15) is 0 Å². The zero-order valence-electron chi connectivity index (χ0n) is 9.62. The van der Waals surface area contributed by atoms with Gasteiger partial charge in [-0.2, -0.15) is 0 Å². The van der Waals surface area contributed by atoms with Crippen LogP contribution in [0.5, 0.6) is 11.5 Å². The molecule has 2 atom stereocenters. The Kier molecular flexibility index (Phi) is 2.67. The van der Waals surface area contributed by atoms with Gasteiger partial charge >= 0.3 is 0 Å². The van der Waals surface area contributed by atoms with Gasteiger partial charge in [-0.05, 0) is 17.5 Å². The fraction of sp³-hybridized carbons (Fsp3) is 0.500. The van der Waals surface area contributed by atoms with Gasteiger partial charge < -0.3 is 15.6 Å². The van der Waals surface area contributed by atoms with Crippen molar-refractivity contribution in [1.82, 2.24) is 0 Å². The number of nitrogens with two attached hydrogens (primary N) is 1. The van der Waals surface area contributed by atoms with Crippen molar-refractivity contribution in [3.8, 4) is 11.5 Å². The van der Waals surface area contributed by atoms with Gasteiger partial charge in [0, 0.05) is 22.0 Å². The molecule has 0 aromatic heterocycles. The molecule has 2 unspecified atom stereocenters. The van der Waals surface area contributed by atoms with E-state index < -0.39 is 0 Å². The Morgan fingerprint density at radius 3 is 2.44 bits per heavy atom. The summed E-state index contributed by atoms with van der Waals surface area (Å²) in [5.41, 5.74) is 6.93. The maximum absolute atomic E-state index is 10.1. The van der Waals surface area contributed by atoms with Crippen LogP contribution in [0.4, 0.5) is 0 Å². The minimum absolute atomic E-state index is 0.0449. The molecule has 0 spiro atoms. The van der Waals surface area contributed by atoms with E-state index in [1.54, 1.807) is 13.2 Å². The van der Waals surface area contributed by atoms with Crippen LogP contribution in [0.2, 0.25) is 0 Å². The van der Waals surface area contributed by atoms with Gasteiger partial charge in [-0.1, -0.05) is 29.8 Å². The standard InChI is InChI=1S/C12H16BrNO2/c1-12(2)9(11(12)14)7-4-6(13)5-8(16-3)10(7)15/h4-5,9,11,15H,14H2,1-3H3. The maximum Gasteiger partial charge on any atom is 0.161 e. The van der Waals surface area contributed by atoms with Gasteiger partial charge in [-0.3, -0.25) is 0 Å². The van der Waals surface area contributed by atoms with Crippen molar-refractivity contribution in [1.29, 1.82) is 0 Å². The minimum atomic E-state index is 0.0449. The zero-order chi connectivity index (χ0) is 12.1.